The third-order valence-electron chi connectivity index (χ3n) is 5.45. The van der Waals surface area contributed by atoms with E-state index in [0.717, 1.165) is 23.3 Å². The number of aryl methyl sites for hydroxylation is 1. The van der Waals surface area contributed by atoms with E-state index in [9.17, 15) is 13.2 Å². The maximum atomic E-state index is 13.3. The normalized spacial score (nSPS) is 14.3. The molecule has 1 aliphatic heterocycles. The van der Waals surface area contributed by atoms with Crippen LogP contribution in [0.25, 0.3) is 5.69 Å². The van der Waals surface area contributed by atoms with Crippen LogP contribution in [-0.4, -0.2) is 68.5 Å². The number of methoxy groups -OCH3 is 1. The lowest BCUT2D eigenvalue weighted by Crippen LogP contribution is -2.49. The lowest BCUT2D eigenvalue weighted by Gasteiger charge is -2.36. The number of hydrogen-bond acceptors (Lipinski definition) is 6. The van der Waals surface area contributed by atoms with Crippen LogP contribution in [0, 0.1) is 6.92 Å². The van der Waals surface area contributed by atoms with E-state index in [0.29, 0.717) is 43.3 Å². The second-order valence-corrected chi connectivity index (χ2v) is 9.73. The number of amides is 1. The van der Waals surface area contributed by atoms with Crippen molar-refractivity contribution >= 4 is 27.3 Å². The summed E-state index contributed by atoms with van der Waals surface area (Å²) in [6.07, 6.45) is 1.12. The number of hydrogen-bond donors (Lipinski definition) is 1. The van der Waals surface area contributed by atoms with E-state index in [1.54, 1.807) is 23.9 Å². The maximum Gasteiger partial charge on any atom is 0.272 e. The maximum absolute atomic E-state index is 13.3. The molecule has 0 saturated carbocycles. The van der Waals surface area contributed by atoms with E-state index in [1.165, 1.54) is 0 Å². The second kappa shape index (κ2) is 9.14. The molecule has 33 heavy (non-hydrogen) atoms. The van der Waals surface area contributed by atoms with Crippen molar-refractivity contribution in [2.24, 2.45) is 0 Å². The fourth-order valence-corrected chi connectivity index (χ4v) is 4.44. The summed E-state index contributed by atoms with van der Waals surface area (Å²) in [7, 11) is -1.70. The summed E-state index contributed by atoms with van der Waals surface area (Å²) < 4.78 is 32.2. The molecule has 4 rings (SSSR count). The third-order valence-corrected chi connectivity index (χ3v) is 6.06. The van der Waals surface area contributed by atoms with Gasteiger partial charge in [0.25, 0.3) is 5.91 Å². The van der Waals surface area contributed by atoms with E-state index in [-0.39, 0.29) is 5.91 Å². The molecule has 0 aliphatic carbocycles. The van der Waals surface area contributed by atoms with Crippen LogP contribution in [0.2, 0.25) is 0 Å². The number of benzene rings is 2. The Kier molecular flexibility index (Phi) is 6.28. The topological polar surface area (TPSA) is 96.8 Å². The first-order chi connectivity index (χ1) is 15.7. The Morgan fingerprint density at radius 2 is 1.70 bits per heavy atom. The van der Waals surface area contributed by atoms with E-state index in [2.05, 4.69) is 14.7 Å². The molecule has 2 aromatic carbocycles. The molecule has 0 radical (unpaired) electrons. The van der Waals surface area contributed by atoms with Crippen molar-refractivity contribution in [2.75, 3.05) is 49.2 Å². The molecule has 0 unspecified atom stereocenters. The zero-order valence-corrected chi connectivity index (χ0v) is 19.7. The fraction of sp³-hybridized carbons (Fsp3) is 0.304. The Labute approximate surface area is 193 Å². The van der Waals surface area contributed by atoms with Crippen LogP contribution in [0.5, 0.6) is 5.75 Å². The van der Waals surface area contributed by atoms with Crippen molar-refractivity contribution in [1.29, 1.82) is 0 Å². The Balaban J connectivity index is 1.45. The number of nitrogens with zero attached hydrogens (tertiary/aromatic N) is 4. The molecule has 1 amide bonds. The quantitative estimate of drug-likeness (QED) is 0.596. The summed E-state index contributed by atoms with van der Waals surface area (Å²) in [5, 5.41) is 4.52. The molecule has 10 heteroatoms. The van der Waals surface area contributed by atoms with Crippen LogP contribution in [0.3, 0.4) is 0 Å². The van der Waals surface area contributed by atoms with Crippen LogP contribution in [-0.2, 0) is 10.0 Å². The lowest BCUT2D eigenvalue weighted by atomic mass is 10.2. The number of piperazine rings is 1. The molecule has 1 saturated heterocycles. The average molecular weight is 470 g/mol. The van der Waals surface area contributed by atoms with Gasteiger partial charge < -0.3 is 14.5 Å². The van der Waals surface area contributed by atoms with Crippen molar-refractivity contribution in [3.05, 3.63) is 66.0 Å². The lowest BCUT2D eigenvalue weighted by molar-refractivity contribution is 0.0737. The Morgan fingerprint density at radius 1 is 1.00 bits per heavy atom. The standard InChI is InChI=1S/C23H27N5O4S/c1-17-15-22(28(24-17)20-5-4-6-21(16-20)32-2)23(29)27-13-11-26(12-14-27)19-9-7-18(8-10-19)25-33(3,30)31/h4-10,15-16,25H,11-14H2,1-3H3. The van der Waals surface area contributed by atoms with Gasteiger partial charge in [0.1, 0.15) is 11.4 Å². The zero-order valence-electron chi connectivity index (χ0n) is 18.9. The first-order valence-electron chi connectivity index (χ1n) is 10.6. The van der Waals surface area contributed by atoms with Gasteiger partial charge in [-0.25, -0.2) is 13.1 Å². The van der Waals surface area contributed by atoms with E-state index in [1.807, 2.05) is 54.3 Å². The molecular formula is C23H27N5O4S. The summed E-state index contributed by atoms with van der Waals surface area (Å²) >= 11 is 0. The summed E-state index contributed by atoms with van der Waals surface area (Å²) in [4.78, 5) is 17.3. The molecule has 1 aliphatic rings. The highest BCUT2D eigenvalue weighted by molar-refractivity contribution is 7.92. The molecule has 0 spiro atoms. The minimum Gasteiger partial charge on any atom is -0.497 e. The van der Waals surface area contributed by atoms with Crippen molar-refractivity contribution < 1.29 is 17.9 Å². The predicted octanol–water partition coefficient (Wildman–Crippen LogP) is 2.52. The number of anilines is 2. The van der Waals surface area contributed by atoms with Gasteiger partial charge in [0.2, 0.25) is 10.0 Å². The highest BCUT2D eigenvalue weighted by Gasteiger charge is 2.26. The molecule has 3 aromatic rings. The summed E-state index contributed by atoms with van der Waals surface area (Å²) in [6.45, 7) is 4.37. The molecule has 2 heterocycles. The van der Waals surface area contributed by atoms with Crippen molar-refractivity contribution in [2.45, 2.75) is 6.92 Å². The van der Waals surface area contributed by atoms with E-state index < -0.39 is 10.0 Å². The number of nitrogens with one attached hydrogen (secondary N) is 1. The molecule has 0 bridgehead atoms. The van der Waals surface area contributed by atoms with Crippen LogP contribution in [0.1, 0.15) is 16.2 Å². The summed E-state index contributed by atoms with van der Waals surface area (Å²) in [5.41, 5.74) is 3.56. The summed E-state index contributed by atoms with van der Waals surface area (Å²) in [5.74, 6) is 0.635. The largest absolute Gasteiger partial charge is 0.497 e. The first-order valence-corrected chi connectivity index (χ1v) is 12.5. The van der Waals surface area contributed by atoms with Crippen LogP contribution < -0.4 is 14.4 Å². The number of aromatic nitrogens is 2. The molecular weight excluding hydrogens is 442 g/mol. The van der Waals surface area contributed by atoms with Crippen LogP contribution >= 0.6 is 0 Å². The van der Waals surface area contributed by atoms with Crippen LogP contribution in [0.15, 0.2) is 54.6 Å². The Bertz CT molecular complexity index is 1250. The first kappa shape index (κ1) is 22.7. The van der Waals surface area contributed by atoms with Gasteiger partial charge >= 0.3 is 0 Å². The van der Waals surface area contributed by atoms with Gasteiger partial charge in [-0.2, -0.15) is 5.10 Å². The molecule has 9 nitrogen and oxygen atoms in total. The fourth-order valence-electron chi connectivity index (χ4n) is 3.87. The molecule has 1 fully saturated rings. The van der Waals surface area contributed by atoms with Crippen molar-refractivity contribution in [1.82, 2.24) is 14.7 Å². The SMILES string of the molecule is COc1cccc(-n2nc(C)cc2C(=O)N2CCN(c3ccc(NS(C)(=O)=O)cc3)CC2)c1. The van der Waals surface area contributed by atoms with Gasteiger partial charge in [-0.15, -0.1) is 0 Å². The highest BCUT2D eigenvalue weighted by Crippen LogP contribution is 2.22. The third kappa shape index (κ3) is 5.28. The van der Waals surface area contributed by atoms with Crippen molar-refractivity contribution in [3.8, 4) is 11.4 Å². The Hall–Kier alpha value is -3.53. The molecule has 0 atom stereocenters. The van der Waals surface area contributed by atoms with E-state index in [4.69, 9.17) is 4.74 Å². The number of carbonyl (C=O) groups is 1. The van der Waals surface area contributed by atoms with Gasteiger partial charge in [0.15, 0.2) is 0 Å². The van der Waals surface area contributed by atoms with Gasteiger partial charge in [-0.1, -0.05) is 6.07 Å². The van der Waals surface area contributed by atoms with Gasteiger partial charge in [0.05, 0.1) is 24.7 Å². The highest BCUT2D eigenvalue weighted by atomic mass is 32.2. The van der Waals surface area contributed by atoms with Gasteiger partial charge in [0, 0.05) is 43.6 Å². The molecule has 1 aromatic heterocycles. The monoisotopic (exact) mass is 469 g/mol. The average Bonchev–Trinajstić information content (AvgIpc) is 3.20. The van der Waals surface area contributed by atoms with Crippen molar-refractivity contribution in [3.63, 3.8) is 0 Å². The number of rotatable bonds is 6. The minimum atomic E-state index is -3.31. The molecule has 1 N–H and O–H groups in total. The summed E-state index contributed by atoms with van der Waals surface area (Å²) in [6, 6.07) is 16.5. The van der Waals surface area contributed by atoms with Gasteiger partial charge in [-0.05, 0) is 49.4 Å². The smallest absolute Gasteiger partial charge is 0.272 e. The van der Waals surface area contributed by atoms with Gasteiger partial charge in [-0.3, -0.25) is 9.52 Å². The Morgan fingerprint density at radius 3 is 2.33 bits per heavy atom. The zero-order chi connectivity index (χ0) is 23.6. The van der Waals surface area contributed by atoms with E-state index >= 15 is 0 Å². The minimum absolute atomic E-state index is 0.0641. The molecule has 174 valence electrons. The van der Waals surface area contributed by atoms with Crippen LogP contribution in [0.4, 0.5) is 11.4 Å². The second-order valence-electron chi connectivity index (χ2n) is 7.98. The number of carbonyl (C=O) groups excluding carboxylic acids is 1. The number of sulfonamides is 1. The number of ether oxygens (including phenoxy) is 1. The predicted molar refractivity (Wildman–Crippen MR) is 128 cm³/mol.